The molecule has 1 aromatic heterocycles. The molecule has 1 aliphatic heterocycles. The molecule has 0 bridgehead atoms. The van der Waals surface area contributed by atoms with Crippen LogP contribution in [0.5, 0.6) is 0 Å². The fourth-order valence-corrected chi connectivity index (χ4v) is 2.23. The Morgan fingerprint density at radius 2 is 2.15 bits per heavy atom. The number of hydrogen-bond donors (Lipinski definition) is 1. The highest BCUT2D eigenvalue weighted by Gasteiger charge is 2.13. The van der Waals surface area contributed by atoms with Crippen molar-refractivity contribution in [3.63, 3.8) is 0 Å². The molecule has 2 heterocycles. The van der Waals surface area contributed by atoms with Crippen molar-refractivity contribution in [1.29, 1.82) is 0 Å². The van der Waals surface area contributed by atoms with Gasteiger partial charge in [0.1, 0.15) is 5.58 Å². The summed E-state index contributed by atoms with van der Waals surface area (Å²) >= 11 is 0. The smallest absolute Gasteiger partial charge is 0.293 e. The molecule has 20 heavy (non-hydrogen) atoms. The van der Waals surface area contributed by atoms with E-state index in [0.29, 0.717) is 13.1 Å². The molecule has 5 nitrogen and oxygen atoms in total. The normalized spacial score (nSPS) is 14.6. The van der Waals surface area contributed by atoms with Gasteiger partial charge in [0, 0.05) is 37.3 Å². The molecule has 1 fully saturated rings. The van der Waals surface area contributed by atoms with Crippen molar-refractivity contribution in [2.24, 2.45) is 0 Å². The third-order valence-electron chi connectivity index (χ3n) is 3.17. The standard InChI is InChI=1S/C12H14N2O.C3H6O2/c1-2-11(14-7-5-13-6-8-14)10-4-9-15-12(10)3-1;1-2-5-3-4/h1-4,9,13H,5-8H2;3H,2H2,1H3. The maximum Gasteiger partial charge on any atom is 0.293 e. The molecule has 1 aliphatic rings. The molecule has 2 aromatic rings. The highest BCUT2D eigenvalue weighted by molar-refractivity contribution is 5.91. The summed E-state index contributed by atoms with van der Waals surface area (Å²) in [5, 5.41) is 4.58. The molecule has 0 spiro atoms. The molecule has 1 saturated heterocycles. The highest BCUT2D eigenvalue weighted by Crippen LogP contribution is 2.27. The average molecular weight is 276 g/mol. The molecule has 3 rings (SSSR count). The number of nitrogens with one attached hydrogen (secondary N) is 1. The Kier molecular flexibility index (Phi) is 5.43. The molecular weight excluding hydrogens is 256 g/mol. The molecule has 0 aliphatic carbocycles. The van der Waals surface area contributed by atoms with Crippen molar-refractivity contribution in [1.82, 2.24) is 5.32 Å². The largest absolute Gasteiger partial charge is 0.468 e. The predicted molar refractivity (Wildman–Crippen MR) is 79.0 cm³/mol. The number of carbonyl (C=O) groups is 1. The maximum absolute atomic E-state index is 9.18. The van der Waals surface area contributed by atoms with Gasteiger partial charge in [0.25, 0.3) is 6.47 Å². The third-order valence-corrected chi connectivity index (χ3v) is 3.17. The first-order valence-corrected chi connectivity index (χ1v) is 6.84. The van der Waals surface area contributed by atoms with Crippen LogP contribution in [-0.2, 0) is 9.53 Å². The molecule has 0 saturated carbocycles. The number of carbonyl (C=O) groups excluding carboxylic acids is 1. The topological polar surface area (TPSA) is 54.7 Å². The number of benzene rings is 1. The zero-order valence-corrected chi connectivity index (χ0v) is 11.7. The van der Waals surface area contributed by atoms with Crippen LogP contribution < -0.4 is 10.2 Å². The maximum atomic E-state index is 9.18. The summed E-state index contributed by atoms with van der Waals surface area (Å²) in [6.07, 6.45) is 1.76. The van der Waals surface area contributed by atoms with E-state index < -0.39 is 0 Å². The Labute approximate surface area is 118 Å². The number of piperazine rings is 1. The van der Waals surface area contributed by atoms with Crippen LogP contribution in [0.3, 0.4) is 0 Å². The monoisotopic (exact) mass is 276 g/mol. The average Bonchev–Trinajstić information content (AvgIpc) is 2.98. The van der Waals surface area contributed by atoms with Crippen molar-refractivity contribution in [3.8, 4) is 0 Å². The predicted octanol–water partition coefficient (Wildman–Crippen LogP) is 2.02. The number of rotatable bonds is 3. The van der Waals surface area contributed by atoms with E-state index in [2.05, 4.69) is 27.1 Å². The fraction of sp³-hybridized carbons (Fsp3) is 0.400. The number of ether oxygens (including phenoxy) is 1. The van der Waals surface area contributed by atoms with Crippen LogP contribution in [0.4, 0.5) is 5.69 Å². The van der Waals surface area contributed by atoms with E-state index in [1.807, 2.05) is 12.1 Å². The van der Waals surface area contributed by atoms with Crippen LogP contribution >= 0.6 is 0 Å². The van der Waals surface area contributed by atoms with Gasteiger partial charge in [-0.3, -0.25) is 4.79 Å². The highest BCUT2D eigenvalue weighted by atomic mass is 16.5. The quantitative estimate of drug-likeness (QED) is 0.869. The van der Waals surface area contributed by atoms with Gasteiger partial charge >= 0.3 is 0 Å². The summed E-state index contributed by atoms with van der Waals surface area (Å²) < 4.78 is 9.56. The lowest BCUT2D eigenvalue weighted by molar-refractivity contribution is -0.128. The van der Waals surface area contributed by atoms with E-state index in [1.54, 1.807) is 13.2 Å². The van der Waals surface area contributed by atoms with Gasteiger partial charge in [-0.05, 0) is 25.1 Å². The minimum Gasteiger partial charge on any atom is -0.468 e. The molecule has 1 aromatic carbocycles. The molecule has 5 heteroatoms. The lowest BCUT2D eigenvalue weighted by Gasteiger charge is -2.29. The van der Waals surface area contributed by atoms with Crippen LogP contribution in [0, 0.1) is 0 Å². The molecule has 0 amide bonds. The summed E-state index contributed by atoms with van der Waals surface area (Å²) in [5.41, 5.74) is 2.27. The molecule has 0 unspecified atom stereocenters. The van der Waals surface area contributed by atoms with Crippen molar-refractivity contribution in [2.75, 3.05) is 37.7 Å². The van der Waals surface area contributed by atoms with Gasteiger partial charge in [-0.1, -0.05) is 6.07 Å². The number of hydrogen-bond acceptors (Lipinski definition) is 5. The zero-order chi connectivity index (χ0) is 14.2. The van der Waals surface area contributed by atoms with E-state index in [9.17, 15) is 4.79 Å². The number of furan rings is 1. The van der Waals surface area contributed by atoms with Crippen molar-refractivity contribution >= 4 is 23.1 Å². The molecule has 0 radical (unpaired) electrons. The van der Waals surface area contributed by atoms with E-state index in [4.69, 9.17) is 4.42 Å². The number of anilines is 1. The molecular formula is C15H20N2O3. The van der Waals surface area contributed by atoms with Gasteiger partial charge in [-0.2, -0.15) is 0 Å². The minimum atomic E-state index is 0.431. The first kappa shape index (κ1) is 14.4. The van der Waals surface area contributed by atoms with E-state index >= 15 is 0 Å². The Morgan fingerprint density at radius 1 is 1.35 bits per heavy atom. The summed E-state index contributed by atoms with van der Waals surface area (Å²) in [4.78, 5) is 11.6. The van der Waals surface area contributed by atoms with Crippen molar-refractivity contribution in [3.05, 3.63) is 30.5 Å². The zero-order valence-electron chi connectivity index (χ0n) is 11.7. The lowest BCUT2D eigenvalue weighted by atomic mass is 10.2. The second-order valence-electron chi connectivity index (χ2n) is 4.40. The summed E-state index contributed by atoms with van der Waals surface area (Å²) in [6, 6.07) is 8.29. The summed E-state index contributed by atoms with van der Waals surface area (Å²) in [5.74, 6) is 0. The first-order chi connectivity index (χ1) is 9.86. The minimum absolute atomic E-state index is 0.431. The van der Waals surface area contributed by atoms with Crippen LogP contribution in [0.15, 0.2) is 34.9 Å². The number of fused-ring (bicyclic) bond motifs is 1. The van der Waals surface area contributed by atoms with Crippen LogP contribution in [0.2, 0.25) is 0 Å². The Balaban J connectivity index is 0.000000257. The molecule has 108 valence electrons. The van der Waals surface area contributed by atoms with Gasteiger partial charge in [0.2, 0.25) is 0 Å². The van der Waals surface area contributed by atoms with Crippen LogP contribution in [0.1, 0.15) is 6.92 Å². The number of nitrogens with zero attached hydrogens (tertiary/aromatic N) is 1. The van der Waals surface area contributed by atoms with Gasteiger partial charge in [-0.15, -0.1) is 0 Å². The Bertz CT molecular complexity index is 533. The molecule has 1 N–H and O–H groups in total. The van der Waals surface area contributed by atoms with E-state index in [0.717, 1.165) is 31.8 Å². The Morgan fingerprint density at radius 3 is 2.80 bits per heavy atom. The summed E-state index contributed by atoms with van der Waals surface area (Å²) in [6.45, 7) is 6.94. The van der Waals surface area contributed by atoms with Gasteiger partial charge in [-0.25, -0.2) is 0 Å². The Hall–Kier alpha value is -2.01. The van der Waals surface area contributed by atoms with Gasteiger partial charge in [0.15, 0.2) is 0 Å². The van der Waals surface area contributed by atoms with Crippen molar-refractivity contribution < 1.29 is 13.9 Å². The third kappa shape index (κ3) is 3.51. The van der Waals surface area contributed by atoms with Crippen LogP contribution in [0.25, 0.3) is 11.0 Å². The van der Waals surface area contributed by atoms with Gasteiger partial charge in [0.05, 0.1) is 12.9 Å². The summed E-state index contributed by atoms with van der Waals surface area (Å²) in [7, 11) is 0. The second kappa shape index (κ2) is 7.55. The van der Waals surface area contributed by atoms with E-state index in [1.165, 1.54) is 11.1 Å². The van der Waals surface area contributed by atoms with Gasteiger partial charge < -0.3 is 19.4 Å². The van der Waals surface area contributed by atoms with Crippen LogP contribution in [-0.4, -0.2) is 39.3 Å². The molecule has 0 atom stereocenters. The fourth-order valence-electron chi connectivity index (χ4n) is 2.23. The SMILES string of the molecule is CCOC=O.c1cc(N2CCNCC2)c2ccoc2c1. The van der Waals surface area contributed by atoms with Crippen molar-refractivity contribution in [2.45, 2.75) is 6.92 Å². The van der Waals surface area contributed by atoms with E-state index in [-0.39, 0.29) is 0 Å². The lowest BCUT2D eigenvalue weighted by Crippen LogP contribution is -2.43. The second-order valence-corrected chi connectivity index (χ2v) is 4.40. The first-order valence-electron chi connectivity index (χ1n) is 6.84.